The summed E-state index contributed by atoms with van der Waals surface area (Å²) < 4.78 is 28.4. The highest BCUT2D eigenvalue weighted by molar-refractivity contribution is 7.90. The number of ether oxygens (including phenoxy) is 1. The van der Waals surface area contributed by atoms with Crippen molar-refractivity contribution >= 4 is 21.5 Å². The second-order valence-corrected chi connectivity index (χ2v) is 6.75. The fourth-order valence-corrected chi connectivity index (χ4v) is 2.78. The van der Waals surface area contributed by atoms with Gasteiger partial charge in [-0.3, -0.25) is 10.1 Å². The molecule has 0 unspecified atom stereocenters. The molecular weight excluding hydrogens is 322 g/mol. The van der Waals surface area contributed by atoms with E-state index in [9.17, 15) is 23.3 Å². The van der Waals surface area contributed by atoms with Crippen molar-refractivity contribution in [3.63, 3.8) is 0 Å². The van der Waals surface area contributed by atoms with Crippen molar-refractivity contribution in [2.24, 2.45) is 0 Å². The molecule has 0 amide bonds. The number of benzene rings is 2. The van der Waals surface area contributed by atoms with E-state index in [4.69, 9.17) is 4.74 Å². The van der Waals surface area contributed by atoms with E-state index in [2.05, 4.69) is 0 Å². The number of non-ortho nitro benzene ring substituents is 1. The minimum absolute atomic E-state index is 0.0445. The number of nitro groups is 1. The highest BCUT2D eigenvalue weighted by Crippen LogP contribution is 2.18. The molecule has 0 spiro atoms. The Morgan fingerprint density at radius 3 is 2.30 bits per heavy atom. The first kappa shape index (κ1) is 16.6. The third-order valence-corrected chi connectivity index (χ3v) is 4.18. The van der Waals surface area contributed by atoms with Crippen LogP contribution in [0.5, 0.6) is 0 Å². The van der Waals surface area contributed by atoms with Crippen molar-refractivity contribution < 1.29 is 22.9 Å². The average molecular weight is 335 g/mol. The molecule has 120 valence electrons. The molecule has 0 atom stereocenters. The first-order valence-electron chi connectivity index (χ1n) is 6.48. The molecule has 0 aliphatic rings. The van der Waals surface area contributed by atoms with Crippen LogP contribution in [0.2, 0.25) is 0 Å². The van der Waals surface area contributed by atoms with E-state index < -0.39 is 20.7 Å². The zero-order valence-corrected chi connectivity index (χ0v) is 12.9. The number of nitro benzene ring substituents is 1. The molecule has 2 aromatic carbocycles. The van der Waals surface area contributed by atoms with E-state index in [0.717, 1.165) is 6.26 Å². The van der Waals surface area contributed by atoms with Crippen molar-refractivity contribution in [1.82, 2.24) is 0 Å². The molecule has 0 fully saturated rings. The molecule has 0 heterocycles. The van der Waals surface area contributed by atoms with Gasteiger partial charge >= 0.3 is 5.97 Å². The first-order chi connectivity index (χ1) is 10.8. The van der Waals surface area contributed by atoms with Crippen LogP contribution in [0.25, 0.3) is 0 Å². The van der Waals surface area contributed by atoms with Gasteiger partial charge in [0.05, 0.1) is 15.4 Å². The number of carbonyl (C=O) groups is 1. The van der Waals surface area contributed by atoms with Crippen LogP contribution >= 0.6 is 0 Å². The van der Waals surface area contributed by atoms with Crippen molar-refractivity contribution in [3.05, 3.63) is 69.8 Å². The molecule has 0 N–H and O–H groups in total. The summed E-state index contributed by atoms with van der Waals surface area (Å²) in [6.45, 7) is -0.116. The van der Waals surface area contributed by atoms with Crippen LogP contribution in [0.4, 0.5) is 5.69 Å². The van der Waals surface area contributed by atoms with E-state index in [1.807, 2.05) is 0 Å². The van der Waals surface area contributed by atoms with Crippen molar-refractivity contribution in [3.8, 4) is 0 Å². The van der Waals surface area contributed by atoms with Crippen molar-refractivity contribution in [2.45, 2.75) is 11.5 Å². The zero-order valence-electron chi connectivity index (χ0n) is 12.1. The fraction of sp³-hybridized carbons (Fsp3) is 0.133. The van der Waals surface area contributed by atoms with Crippen molar-refractivity contribution in [1.29, 1.82) is 0 Å². The topological polar surface area (TPSA) is 104 Å². The van der Waals surface area contributed by atoms with Crippen molar-refractivity contribution in [2.75, 3.05) is 6.26 Å². The fourth-order valence-electron chi connectivity index (χ4n) is 1.90. The van der Waals surface area contributed by atoms with Gasteiger partial charge in [-0.2, -0.15) is 0 Å². The Balaban J connectivity index is 2.13. The highest BCUT2D eigenvalue weighted by Gasteiger charge is 2.19. The van der Waals surface area contributed by atoms with Crippen LogP contribution < -0.4 is 0 Å². The third-order valence-electron chi connectivity index (χ3n) is 3.02. The molecule has 0 saturated carbocycles. The Kier molecular flexibility index (Phi) is 4.75. The van der Waals surface area contributed by atoms with Gasteiger partial charge in [0.1, 0.15) is 6.61 Å². The smallest absolute Gasteiger partial charge is 0.339 e. The number of sulfone groups is 1. The number of nitrogens with zero attached hydrogens (tertiary/aromatic N) is 1. The monoisotopic (exact) mass is 335 g/mol. The lowest BCUT2D eigenvalue weighted by Crippen LogP contribution is -2.11. The summed E-state index contributed by atoms with van der Waals surface area (Å²) >= 11 is 0. The molecule has 0 aliphatic heterocycles. The van der Waals surface area contributed by atoms with Crippen LogP contribution in [0, 0.1) is 10.1 Å². The van der Waals surface area contributed by atoms with E-state index in [0.29, 0.717) is 5.56 Å². The average Bonchev–Trinajstić information content (AvgIpc) is 2.52. The standard InChI is InChI=1S/C15H13NO6S/c1-23(20,21)14-5-3-2-4-13(14)15(17)22-10-11-6-8-12(9-7-11)16(18)19/h2-9H,10H2,1H3. The predicted octanol–water partition coefficient (Wildman–Crippen LogP) is 2.36. The van der Waals surface area contributed by atoms with E-state index >= 15 is 0 Å². The van der Waals surface area contributed by atoms with Gasteiger partial charge in [0, 0.05) is 18.4 Å². The minimum Gasteiger partial charge on any atom is -0.457 e. The first-order valence-corrected chi connectivity index (χ1v) is 8.38. The lowest BCUT2D eigenvalue weighted by Gasteiger charge is -2.08. The maximum absolute atomic E-state index is 12.1. The highest BCUT2D eigenvalue weighted by atomic mass is 32.2. The second-order valence-electron chi connectivity index (χ2n) is 4.77. The molecule has 7 nitrogen and oxygen atoms in total. The summed E-state index contributed by atoms with van der Waals surface area (Å²) in [6, 6.07) is 11.3. The van der Waals surface area contributed by atoms with Gasteiger partial charge < -0.3 is 4.74 Å². The molecule has 2 rings (SSSR count). The summed E-state index contributed by atoms with van der Waals surface area (Å²) in [4.78, 5) is 22.0. The number of rotatable bonds is 5. The molecule has 0 bridgehead atoms. The Bertz CT molecular complexity index is 843. The molecule has 2 aromatic rings. The van der Waals surface area contributed by atoms with Crippen LogP contribution in [0.3, 0.4) is 0 Å². The van der Waals surface area contributed by atoms with E-state index in [1.165, 1.54) is 48.5 Å². The van der Waals surface area contributed by atoms with Gasteiger partial charge in [-0.1, -0.05) is 12.1 Å². The quantitative estimate of drug-likeness (QED) is 0.472. The molecule has 0 radical (unpaired) electrons. The normalized spacial score (nSPS) is 11.0. The molecule has 0 aromatic heterocycles. The number of esters is 1. The molecule has 0 aliphatic carbocycles. The Morgan fingerprint density at radius 1 is 1.13 bits per heavy atom. The summed E-state index contributed by atoms with van der Waals surface area (Å²) in [5.74, 6) is -0.774. The Labute approximate surface area is 132 Å². The molecular formula is C15H13NO6S. The summed E-state index contributed by atoms with van der Waals surface area (Å²) in [5.41, 5.74) is 0.445. The summed E-state index contributed by atoms with van der Waals surface area (Å²) in [5, 5.41) is 10.6. The molecule has 8 heteroatoms. The van der Waals surface area contributed by atoms with Gasteiger partial charge in [-0.05, 0) is 29.8 Å². The van der Waals surface area contributed by atoms with Gasteiger partial charge in [0.25, 0.3) is 5.69 Å². The Morgan fingerprint density at radius 2 is 1.74 bits per heavy atom. The number of hydrogen-bond donors (Lipinski definition) is 0. The van der Waals surface area contributed by atoms with Crippen LogP contribution in [-0.2, 0) is 21.2 Å². The van der Waals surface area contributed by atoms with Gasteiger partial charge in [-0.15, -0.1) is 0 Å². The van der Waals surface area contributed by atoms with Gasteiger partial charge in [0.2, 0.25) is 0 Å². The maximum atomic E-state index is 12.1. The zero-order chi connectivity index (χ0) is 17.0. The minimum atomic E-state index is -3.55. The lowest BCUT2D eigenvalue weighted by molar-refractivity contribution is -0.384. The van der Waals surface area contributed by atoms with E-state index in [-0.39, 0.29) is 22.8 Å². The molecule has 0 saturated heterocycles. The number of carbonyl (C=O) groups excluding carboxylic acids is 1. The van der Waals surface area contributed by atoms with Crippen LogP contribution in [-0.4, -0.2) is 25.6 Å². The summed E-state index contributed by atoms with van der Waals surface area (Å²) in [6.07, 6.45) is 1.01. The number of hydrogen-bond acceptors (Lipinski definition) is 6. The van der Waals surface area contributed by atoms with E-state index in [1.54, 1.807) is 0 Å². The Hall–Kier alpha value is -2.74. The molecule has 23 heavy (non-hydrogen) atoms. The SMILES string of the molecule is CS(=O)(=O)c1ccccc1C(=O)OCc1ccc([N+](=O)[O-])cc1. The maximum Gasteiger partial charge on any atom is 0.339 e. The van der Waals surface area contributed by atoms with Crippen LogP contribution in [0.15, 0.2) is 53.4 Å². The third kappa shape index (κ3) is 4.13. The van der Waals surface area contributed by atoms with Gasteiger partial charge in [-0.25, -0.2) is 13.2 Å². The second kappa shape index (κ2) is 6.57. The van der Waals surface area contributed by atoms with Gasteiger partial charge in [0.15, 0.2) is 9.84 Å². The summed E-state index contributed by atoms with van der Waals surface area (Å²) in [7, 11) is -3.55. The van der Waals surface area contributed by atoms with Crippen LogP contribution in [0.1, 0.15) is 15.9 Å². The largest absolute Gasteiger partial charge is 0.457 e. The lowest BCUT2D eigenvalue weighted by atomic mass is 10.2. The predicted molar refractivity (Wildman–Crippen MR) is 81.8 cm³/mol.